The number of hydrogen-bond donors (Lipinski definition) is 2. The zero-order chi connectivity index (χ0) is 15.4. The lowest BCUT2D eigenvalue weighted by atomic mass is 9.93. The Bertz CT molecular complexity index is 540. The van der Waals surface area contributed by atoms with Crippen molar-refractivity contribution in [3.8, 4) is 0 Å². The van der Waals surface area contributed by atoms with Crippen molar-refractivity contribution in [2.45, 2.75) is 25.8 Å². The van der Waals surface area contributed by atoms with E-state index in [4.69, 9.17) is 4.74 Å². The van der Waals surface area contributed by atoms with Crippen LogP contribution in [0.1, 0.15) is 28.8 Å². The molecule has 1 aromatic rings. The van der Waals surface area contributed by atoms with Crippen molar-refractivity contribution in [2.75, 3.05) is 13.2 Å². The number of aryl methyl sites for hydroxylation is 1. The molecule has 1 aliphatic rings. The molecule has 1 aliphatic heterocycles. The van der Waals surface area contributed by atoms with E-state index in [1.54, 1.807) is 12.1 Å². The minimum Gasteiger partial charge on any atom is -0.480 e. The van der Waals surface area contributed by atoms with Crippen molar-refractivity contribution in [1.29, 1.82) is 0 Å². The summed E-state index contributed by atoms with van der Waals surface area (Å²) in [6.07, 6.45) is 1.57. The van der Waals surface area contributed by atoms with Crippen LogP contribution in [-0.4, -0.2) is 36.2 Å². The molecule has 0 aromatic heterocycles. The molecule has 1 fully saturated rings. The summed E-state index contributed by atoms with van der Waals surface area (Å²) in [4.78, 5) is 23.7. The van der Waals surface area contributed by atoms with E-state index in [1.807, 2.05) is 13.0 Å². The standard InChI is InChI=1S/C15H18BrNO4/c1-9-7-11(16)4-5-12(9)14(18)17-13(15(19)20)10-3-2-6-21-8-10/h4-5,7,10,13H,2-3,6,8H2,1H3,(H,17,18)(H,19,20). The van der Waals surface area contributed by atoms with E-state index in [2.05, 4.69) is 21.2 Å². The van der Waals surface area contributed by atoms with Crippen LogP contribution in [0.15, 0.2) is 22.7 Å². The molecule has 0 radical (unpaired) electrons. The van der Waals surface area contributed by atoms with Crippen LogP contribution < -0.4 is 5.32 Å². The molecule has 1 amide bonds. The first-order valence-corrected chi connectivity index (χ1v) is 7.66. The van der Waals surface area contributed by atoms with Gasteiger partial charge in [0.05, 0.1) is 6.61 Å². The maximum absolute atomic E-state index is 12.3. The first kappa shape index (κ1) is 16.0. The van der Waals surface area contributed by atoms with Crippen LogP contribution in [0.25, 0.3) is 0 Å². The van der Waals surface area contributed by atoms with Gasteiger partial charge in [0.2, 0.25) is 0 Å². The Morgan fingerprint density at radius 1 is 1.48 bits per heavy atom. The Kier molecular flexibility index (Phi) is 5.36. The van der Waals surface area contributed by atoms with Crippen LogP contribution in [0.3, 0.4) is 0 Å². The Balaban J connectivity index is 2.12. The quantitative estimate of drug-likeness (QED) is 0.869. The van der Waals surface area contributed by atoms with E-state index in [-0.39, 0.29) is 11.8 Å². The van der Waals surface area contributed by atoms with Crippen LogP contribution in [0.4, 0.5) is 0 Å². The predicted molar refractivity (Wildman–Crippen MR) is 81.3 cm³/mol. The van der Waals surface area contributed by atoms with Crippen LogP contribution >= 0.6 is 15.9 Å². The molecular weight excluding hydrogens is 338 g/mol. The summed E-state index contributed by atoms with van der Waals surface area (Å²) in [5.41, 5.74) is 1.28. The maximum Gasteiger partial charge on any atom is 0.326 e. The van der Waals surface area contributed by atoms with Gasteiger partial charge in [0.25, 0.3) is 5.91 Å². The molecule has 1 saturated heterocycles. The highest BCUT2D eigenvalue weighted by molar-refractivity contribution is 9.10. The summed E-state index contributed by atoms with van der Waals surface area (Å²) in [5, 5.41) is 12.0. The molecule has 0 spiro atoms. The Morgan fingerprint density at radius 2 is 2.24 bits per heavy atom. The lowest BCUT2D eigenvalue weighted by Crippen LogP contribution is -2.48. The smallest absolute Gasteiger partial charge is 0.326 e. The first-order chi connectivity index (χ1) is 9.99. The third-order valence-corrected chi connectivity index (χ3v) is 4.15. The summed E-state index contributed by atoms with van der Waals surface area (Å²) >= 11 is 3.34. The Morgan fingerprint density at radius 3 is 2.81 bits per heavy atom. The SMILES string of the molecule is Cc1cc(Br)ccc1C(=O)NC(C(=O)O)C1CCCOC1. The van der Waals surface area contributed by atoms with Crippen LogP contribution in [0, 0.1) is 12.8 Å². The highest BCUT2D eigenvalue weighted by atomic mass is 79.9. The van der Waals surface area contributed by atoms with Gasteiger partial charge in [0.15, 0.2) is 0 Å². The number of nitrogens with one attached hydrogen (secondary N) is 1. The number of rotatable bonds is 4. The van der Waals surface area contributed by atoms with Gasteiger partial charge in [0, 0.05) is 22.6 Å². The van der Waals surface area contributed by atoms with Crippen LogP contribution in [0.2, 0.25) is 0 Å². The molecule has 2 N–H and O–H groups in total. The number of ether oxygens (including phenoxy) is 1. The maximum atomic E-state index is 12.3. The number of aliphatic carboxylic acids is 1. The lowest BCUT2D eigenvalue weighted by Gasteiger charge is -2.28. The highest BCUT2D eigenvalue weighted by Gasteiger charge is 2.31. The summed E-state index contributed by atoms with van der Waals surface area (Å²) in [7, 11) is 0. The number of amides is 1. The van der Waals surface area contributed by atoms with Crippen molar-refractivity contribution in [3.63, 3.8) is 0 Å². The fourth-order valence-corrected chi connectivity index (χ4v) is 2.99. The van der Waals surface area contributed by atoms with Crippen molar-refractivity contribution >= 4 is 27.8 Å². The summed E-state index contributed by atoms with van der Waals surface area (Å²) in [6, 6.07) is 4.36. The van der Waals surface area contributed by atoms with E-state index in [0.29, 0.717) is 18.8 Å². The predicted octanol–water partition coefficient (Wildman–Crippen LogP) is 2.37. The second-order valence-corrected chi connectivity index (χ2v) is 6.14. The van der Waals surface area contributed by atoms with E-state index in [9.17, 15) is 14.7 Å². The third kappa shape index (κ3) is 4.04. The molecule has 0 aliphatic carbocycles. The second-order valence-electron chi connectivity index (χ2n) is 5.23. The number of benzene rings is 1. The van der Waals surface area contributed by atoms with E-state index >= 15 is 0 Å². The van der Waals surface area contributed by atoms with Gasteiger partial charge in [-0.3, -0.25) is 4.79 Å². The Hall–Kier alpha value is -1.40. The van der Waals surface area contributed by atoms with Gasteiger partial charge in [-0.25, -0.2) is 4.79 Å². The number of halogens is 1. The normalized spacial score (nSPS) is 19.8. The van der Waals surface area contributed by atoms with E-state index < -0.39 is 12.0 Å². The molecule has 2 unspecified atom stereocenters. The molecule has 1 aromatic carbocycles. The number of carbonyl (C=O) groups excluding carboxylic acids is 1. The highest BCUT2D eigenvalue weighted by Crippen LogP contribution is 2.20. The zero-order valence-electron chi connectivity index (χ0n) is 11.8. The number of carboxylic acids is 1. The summed E-state index contributed by atoms with van der Waals surface area (Å²) in [5.74, 6) is -1.57. The van der Waals surface area contributed by atoms with Crippen LogP contribution in [0.5, 0.6) is 0 Å². The molecule has 0 bridgehead atoms. The fourth-order valence-electron chi connectivity index (χ4n) is 2.51. The molecule has 114 valence electrons. The largest absolute Gasteiger partial charge is 0.480 e. The van der Waals surface area contributed by atoms with Gasteiger partial charge in [-0.05, 0) is 43.5 Å². The first-order valence-electron chi connectivity index (χ1n) is 6.86. The van der Waals surface area contributed by atoms with Crippen LogP contribution in [-0.2, 0) is 9.53 Å². The van der Waals surface area contributed by atoms with E-state index in [1.165, 1.54) is 0 Å². The molecule has 2 rings (SSSR count). The summed E-state index contributed by atoms with van der Waals surface area (Å²) in [6.45, 7) is 2.85. The van der Waals surface area contributed by atoms with Gasteiger partial charge in [0.1, 0.15) is 6.04 Å². The lowest BCUT2D eigenvalue weighted by molar-refractivity contribution is -0.142. The zero-order valence-corrected chi connectivity index (χ0v) is 13.4. The third-order valence-electron chi connectivity index (χ3n) is 3.65. The molecule has 21 heavy (non-hydrogen) atoms. The van der Waals surface area contributed by atoms with Gasteiger partial charge < -0.3 is 15.2 Å². The number of hydrogen-bond acceptors (Lipinski definition) is 3. The molecule has 1 heterocycles. The van der Waals surface area contributed by atoms with Crippen molar-refractivity contribution in [2.24, 2.45) is 5.92 Å². The average molecular weight is 356 g/mol. The van der Waals surface area contributed by atoms with Gasteiger partial charge in [-0.2, -0.15) is 0 Å². The average Bonchev–Trinajstić information content (AvgIpc) is 2.45. The van der Waals surface area contributed by atoms with Gasteiger partial charge in [-0.15, -0.1) is 0 Å². The van der Waals surface area contributed by atoms with E-state index in [0.717, 1.165) is 22.9 Å². The second kappa shape index (κ2) is 7.04. The minimum absolute atomic E-state index is 0.184. The number of carboxylic acid groups (broad SMARTS) is 1. The molecular formula is C15H18BrNO4. The monoisotopic (exact) mass is 355 g/mol. The molecule has 6 heteroatoms. The fraction of sp³-hybridized carbons (Fsp3) is 0.467. The molecule has 2 atom stereocenters. The van der Waals surface area contributed by atoms with Crippen molar-refractivity contribution in [3.05, 3.63) is 33.8 Å². The number of carbonyl (C=O) groups is 2. The van der Waals surface area contributed by atoms with Crippen molar-refractivity contribution < 1.29 is 19.4 Å². The minimum atomic E-state index is -1.02. The van der Waals surface area contributed by atoms with Gasteiger partial charge in [-0.1, -0.05) is 15.9 Å². The van der Waals surface area contributed by atoms with Crippen molar-refractivity contribution in [1.82, 2.24) is 5.32 Å². The topological polar surface area (TPSA) is 75.6 Å². The summed E-state index contributed by atoms with van der Waals surface area (Å²) < 4.78 is 6.20. The van der Waals surface area contributed by atoms with Gasteiger partial charge >= 0.3 is 5.97 Å². The molecule has 0 saturated carbocycles. The Labute approximate surface area is 131 Å². The molecule has 5 nitrogen and oxygen atoms in total.